The molecule has 90 valence electrons. The summed E-state index contributed by atoms with van der Waals surface area (Å²) in [5.41, 5.74) is 0. The number of fused-ring (bicyclic) bond motifs is 2. The topological polar surface area (TPSA) is 82.1 Å². The van der Waals surface area contributed by atoms with Crippen LogP contribution < -0.4 is 0 Å². The number of esters is 2. The van der Waals surface area contributed by atoms with Crippen LogP contribution in [0.3, 0.4) is 0 Å². The molecule has 0 spiro atoms. The first kappa shape index (κ1) is 11.3. The molecule has 1 saturated heterocycles. The summed E-state index contributed by atoms with van der Waals surface area (Å²) >= 11 is 0. The summed E-state index contributed by atoms with van der Waals surface area (Å²) in [6.45, 7) is 2.56. The molecule has 0 aromatic carbocycles. The van der Waals surface area contributed by atoms with Gasteiger partial charge in [-0.2, -0.15) is 0 Å². The van der Waals surface area contributed by atoms with Crippen molar-refractivity contribution in [1.29, 1.82) is 0 Å². The Bertz CT molecular complexity index is 314. The van der Waals surface area contributed by atoms with Gasteiger partial charge in [-0.05, 0) is 0 Å². The van der Waals surface area contributed by atoms with Crippen molar-refractivity contribution in [3.05, 3.63) is 0 Å². The Kier molecular flexibility index (Phi) is 2.86. The molecule has 5 atom stereocenters. The highest BCUT2D eigenvalue weighted by Gasteiger charge is 2.58. The zero-order valence-corrected chi connectivity index (χ0v) is 9.08. The molecule has 0 amide bonds. The Balaban J connectivity index is 2.07. The lowest BCUT2D eigenvalue weighted by Gasteiger charge is -2.24. The molecule has 16 heavy (non-hydrogen) atoms. The quantitative estimate of drug-likeness (QED) is 0.649. The molecule has 6 heteroatoms. The lowest BCUT2D eigenvalue weighted by atomic mass is 10.0. The summed E-state index contributed by atoms with van der Waals surface area (Å²) in [4.78, 5) is 21.7. The summed E-state index contributed by atoms with van der Waals surface area (Å²) < 4.78 is 15.4. The van der Waals surface area contributed by atoms with Crippen molar-refractivity contribution in [2.75, 3.05) is 0 Å². The molecule has 1 N–H and O–H groups in total. The van der Waals surface area contributed by atoms with Gasteiger partial charge in [0.05, 0.1) is 12.0 Å². The van der Waals surface area contributed by atoms with Gasteiger partial charge in [0.25, 0.3) is 0 Å². The maximum atomic E-state index is 10.9. The fourth-order valence-electron chi connectivity index (χ4n) is 2.34. The largest absolute Gasteiger partial charge is 0.459 e. The first-order valence-corrected chi connectivity index (χ1v) is 5.17. The molecular weight excluding hydrogens is 216 g/mol. The van der Waals surface area contributed by atoms with Gasteiger partial charge in [0, 0.05) is 20.3 Å². The van der Waals surface area contributed by atoms with E-state index in [4.69, 9.17) is 14.2 Å². The van der Waals surface area contributed by atoms with Crippen molar-refractivity contribution in [2.24, 2.45) is 5.92 Å². The van der Waals surface area contributed by atoms with E-state index in [0.29, 0.717) is 6.42 Å². The maximum absolute atomic E-state index is 10.9. The summed E-state index contributed by atoms with van der Waals surface area (Å²) in [6.07, 6.45) is -1.96. The number of hydrogen-bond donors (Lipinski definition) is 1. The van der Waals surface area contributed by atoms with E-state index in [0.717, 1.165) is 0 Å². The molecule has 1 unspecified atom stereocenters. The van der Waals surface area contributed by atoms with Crippen LogP contribution in [0.15, 0.2) is 0 Å². The molecular formula is C10H14O6. The average Bonchev–Trinajstić information content (AvgIpc) is 2.55. The van der Waals surface area contributed by atoms with Crippen LogP contribution in [0, 0.1) is 5.92 Å². The number of aliphatic hydroxyl groups is 1. The van der Waals surface area contributed by atoms with E-state index >= 15 is 0 Å². The normalized spacial score (nSPS) is 40.8. The van der Waals surface area contributed by atoms with Crippen LogP contribution in [0.4, 0.5) is 0 Å². The van der Waals surface area contributed by atoms with Gasteiger partial charge in [-0.3, -0.25) is 9.59 Å². The molecule has 2 fully saturated rings. The van der Waals surface area contributed by atoms with Crippen LogP contribution in [0.1, 0.15) is 20.3 Å². The van der Waals surface area contributed by atoms with Crippen LogP contribution in [0.2, 0.25) is 0 Å². The van der Waals surface area contributed by atoms with Crippen molar-refractivity contribution >= 4 is 11.9 Å². The number of ether oxygens (including phenoxy) is 3. The molecule has 2 bridgehead atoms. The standard InChI is InChI=1S/C10H14O6/c1-4(11)14-9-7-3-6(13)8(9)10(16-7)15-5(2)12/h6-10,13H,3H2,1-2H3/t6-,7+,8-,9?,10+/m1/s1. The first-order valence-electron chi connectivity index (χ1n) is 5.17. The van der Waals surface area contributed by atoms with E-state index in [9.17, 15) is 14.7 Å². The van der Waals surface area contributed by atoms with Gasteiger partial charge in [0.2, 0.25) is 6.29 Å². The molecule has 0 aromatic rings. The fourth-order valence-corrected chi connectivity index (χ4v) is 2.34. The number of carbonyl (C=O) groups is 2. The summed E-state index contributed by atoms with van der Waals surface area (Å²) in [6, 6.07) is 0. The average molecular weight is 230 g/mol. The second-order valence-electron chi connectivity index (χ2n) is 4.11. The molecule has 1 aliphatic carbocycles. The third kappa shape index (κ3) is 1.90. The molecule has 1 saturated carbocycles. The number of aliphatic hydroxyl groups excluding tert-OH is 1. The molecule has 1 heterocycles. The molecule has 1 aliphatic heterocycles. The van der Waals surface area contributed by atoms with Gasteiger partial charge in [-0.25, -0.2) is 0 Å². The minimum atomic E-state index is -0.810. The van der Waals surface area contributed by atoms with Crippen LogP contribution in [-0.4, -0.2) is 41.6 Å². The molecule has 0 radical (unpaired) electrons. The SMILES string of the molecule is CC(=O)OC1[C@@H]2[C@@H](OC(C)=O)O[C@H]1C[C@H]2O. The smallest absolute Gasteiger partial charge is 0.304 e. The monoisotopic (exact) mass is 230 g/mol. The van der Waals surface area contributed by atoms with Crippen molar-refractivity contribution in [3.63, 3.8) is 0 Å². The van der Waals surface area contributed by atoms with E-state index in [-0.39, 0.29) is 6.10 Å². The zero-order chi connectivity index (χ0) is 11.9. The van der Waals surface area contributed by atoms with Crippen LogP contribution in [0.5, 0.6) is 0 Å². The van der Waals surface area contributed by atoms with E-state index in [1.807, 2.05) is 0 Å². The van der Waals surface area contributed by atoms with E-state index in [1.165, 1.54) is 13.8 Å². The minimum Gasteiger partial charge on any atom is -0.459 e. The highest BCUT2D eigenvalue weighted by molar-refractivity contribution is 5.67. The lowest BCUT2D eigenvalue weighted by Crippen LogP contribution is -2.36. The van der Waals surface area contributed by atoms with E-state index in [1.54, 1.807) is 0 Å². The third-order valence-electron chi connectivity index (χ3n) is 2.87. The number of hydrogen-bond acceptors (Lipinski definition) is 6. The third-order valence-corrected chi connectivity index (χ3v) is 2.87. The van der Waals surface area contributed by atoms with Gasteiger partial charge in [0.15, 0.2) is 0 Å². The molecule has 6 nitrogen and oxygen atoms in total. The summed E-state index contributed by atoms with van der Waals surface area (Å²) in [5, 5.41) is 9.72. The Morgan fingerprint density at radius 1 is 1.25 bits per heavy atom. The van der Waals surface area contributed by atoms with Crippen molar-refractivity contribution in [2.45, 2.75) is 44.9 Å². The molecule has 0 aromatic heterocycles. The Hall–Kier alpha value is -1.14. The fraction of sp³-hybridized carbons (Fsp3) is 0.800. The van der Waals surface area contributed by atoms with E-state index in [2.05, 4.69) is 0 Å². The summed E-state index contributed by atoms with van der Waals surface area (Å²) in [7, 11) is 0. The number of carbonyl (C=O) groups excluding carboxylic acids is 2. The zero-order valence-electron chi connectivity index (χ0n) is 9.08. The highest BCUT2D eigenvalue weighted by atomic mass is 16.7. The Morgan fingerprint density at radius 3 is 2.44 bits per heavy atom. The van der Waals surface area contributed by atoms with Crippen LogP contribution in [0.25, 0.3) is 0 Å². The van der Waals surface area contributed by atoms with Gasteiger partial charge in [0.1, 0.15) is 12.2 Å². The predicted octanol–water partition coefficient (Wildman–Crippen LogP) is -0.413. The maximum Gasteiger partial charge on any atom is 0.304 e. The minimum absolute atomic E-state index is 0.381. The second-order valence-corrected chi connectivity index (χ2v) is 4.11. The highest BCUT2D eigenvalue weighted by Crippen LogP contribution is 2.42. The lowest BCUT2D eigenvalue weighted by molar-refractivity contribution is -0.198. The van der Waals surface area contributed by atoms with Gasteiger partial charge < -0.3 is 19.3 Å². The van der Waals surface area contributed by atoms with Crippen molar-refractivity contribution < 1.29 is 28.9 Å². The van der Waals surface area contributed by atoms with Crippen LogP contribution >= 0.6 is 0 Å². The molecule has 2 aliphatic rings. The van der Waals surface area contributed by atoms with Gasteiger partial charge >= 0.3 is 11.9 Å². The van der Waals surface area contributed by atoms with Gasteiger partial charge in [-0.1, -0.05) is 0 Å². The van der Waals surface area contributed by atoms with Crippen LogP contribution in [-0.2, 0) is 23.8 Å². The van der Waals surface area contributed by atoms with E-state index < -0.39 is 36.4 Å². The van der Waals surface area contributed by atoms with Gasteiger partial charge in [-0.15, -0.1) is 0 Å². The Morgan fingerprint density at radius 2 is 1.88 bits per heavy atom. The summed E-state index contributed by atoms with van der Waals surface area (Å²) in [5.74, 6) is -1.38. The number of rotatable bonds is 2. The molecule has 2 rings (SSSR count). The first-order chi connectivity index (χ1) is 7.49. The Labute approximate surface area is 92.5 Å². The predicted molar refractivity (Wildman–Crippen MR) is 50.1 cm³/mol. The second kappa shape index (κ2) is 4.03. The van der Waals surface area contributed by atoms with Crippen molar-refractivity contribution in [1.82, 2.24) is 0 Å². The van der Waals surface area contributed by atoms with Crippen molar-refractivity contribution in [3.8, 4) is 0 Å².